The van der Waals surface area contributed by atoms with Gasteiger partial charge in [-0.05, 0) is 43.2 Å². The van der Waals surface area contributed by atoms with E-state index in [-0.39, 0.29) is 40.1 Å². The average molecular weight is 378 g/mol. The van der Waals surface area contributed by atoms with Crippen molar-refractivity contribution >= 4 is 23.3 Å². The molecule has 3 atom stereocenters. The van der Waals surface area contributed by atoms with E-state index < -0.39 is 11.7 Å². The van der Waals surface area contributed by atoms with E-state index in [0.717, 1.165) is 18.9 Å². The highest BCUT2D eigenvalue weighted by atomic mass is 35.5. The Morgan fingerprint density at radius 2 is 2.00 bits per heavy atom. The molecule has 1 aliphatic carbocycles. The first-order chi connectivity index (χ1) is 12.4. The molecule has 26 heavy (non-hydrogen) atoms. The Balaban J connectivity index is 2.05. The maximum Gasteiger partial charge on any atom is 0.342 e. The molecule has 0 unspecified atom stereocenters. The van der Waals surface area contributed by atoms with E-state index in [1.54, 1.807) is 12.2 Å². The van der Waals surface area contributed by atoms with Crippen molar-refractivity contribution in [3.8, 4) is 11.5 Å². The molecule has 1 aromatic carbocycles. The number of carbonyl (C=O) groups is 1. The largest absolute Gasteiger partial charge is 0.507 e. The van der Waals surface area contributed by atoms with Crippen LogP contribution in [-0.2, 0) is 11.2 Å². The third kappa shape index (κ3) is 3.85. The molecule has 1 fully saturated rings. The van der Waals surface area contributed by atoms with Crippen molar-refractivity contribution < 1.29 is 25.0 Å². The maximum atomic E-state index is 12.6. The van der Waals surface area contributed by atoms with Gasteiger partial charge in [-0.15, -0.1) is 0 Å². The van der Waals surface area contributed by atoms with Crippen molar-refractivity contribution in [3.63, 3.8) is 0 Å². The second-order valence-electron chi connectivity index (χ2n) is 6.71. The number of oxime groups is 1. The van der Waals surface area contributed by atoms with Crippen LogP contribution in [0, 0.1) is 11.8 Å². The van der Waals surface area contributed by atoms with Crippen molar-refractivity contribution in [2.75, 3.05) is 0 Å². The third-order valence-corrected chi connectivity index (χ3v) is 5.11. The van der Waals surface area contributed by atoms with Gasteiger partial charge in [-0.2, -0.15) is 0 Å². The van der Waals surface area contributed by atoms with E-state index in [1.165, 1.54) is 0 Å². The monoisotopic (exact) mass is 377 g/mol. The summed E-state index contributed by atoms with van der Waals surface area (Å²) in [6.45, 7) is 1.81. The highest BCUT2D eigenvalue weighted by Crippen LogP contribution is 2.44. The van der Waals surface area contributed by atoms with Gasteiger partial charge in [-0.25, -0.2) is 4.79 Å². The van der Waals surface area contributed by atoms with Gasteiger partial charge in [0.25, 0.3) is 0 Å². The lowest BCUT2D eigenvalue weighted by Crippen LogP contribution is -2.18. The van der Waals surface area contributed by atoms with Crippen LogP contribution in [-0.4, -0.2) is 33.2 Å². The first-order valence-electron chi connectivity index (χ1n) is 8.40. The summed E-state index contributed by atoms with van der Waals surface area (Å²) in [5, 5.41) is 32.4. The number of carbonyl (C=O) groups excluding carboxylic acids is 1. The van der Waals surface area contributed by atoms with E-state index in [1.807, 2.05) is 13.0 Å². The van der Waals surface area contributed by atoms with Crippen LogP contribution in [0.2, 0.25) is 5.02 Å². The van der Waals surface area contributed by atoms with Gasteiger partial charge in [-0.3, -0.25) is 0 Å². The van der Waals surface area contributed by atoms with Gasteiger partial charge in [0, 0.05) is 12.5 Å². The van der Waals surface area contributed by atoms with Crippen LogP contribution in [0.3, 0.4) is 0 Å². The standard InChI is InChI=1S/C19H20ClNO5/c1-10-6-12-7-11(12)4-2-3-5-13(21-25)8-14-17(19(24)26-10)15(22)9-16(23)18(14)20/h2-5,9-12,22-23,25H,6-8H2,1H3/b4-2-,5-3+,21-13?/t10-,11+,12+/m1/s1. The first-order valence-corrected chi connectivity index (χ1v) is 8.78. The van der Waals surface area contributed by atoms with E-state index >= 15 is 0 Å². The number of phenolic OH excluding ortho intramolecular Hbond substituents is 2. The Bertz CT molecular complexity index is 815. The summed E-state index contributed by atoms with van der Waals surface area (Å²) in [6.07, 6.45) is 8.67. The zero-order chi connectivity index (χ0) is 18.8. The Morgan fingerprint density at radius 3 is 2.73 bits per heavy atom. The molecule has 1 saturated carbocycles. The fourth-order valence-electron chi connectivity index (χ4n) is 3.25. The Labute approximate surface area is 156 Å². The molecule has 1 aromatic rings. The first kappa shape index (κ1) is 18.3. The van der Waals surface area contributed by atoms with Crippen molar-refractivity contribution in [3.05, 3.63) is 46.5 Å². The fourth-order valence-corrected chi connectivity index (χ4v) is 3.47. The lowest BCUT2D eigenvalue weighted by atomic mass is 9.99. The molecule has 6 nitrogen and oxygen atoms in total. The predicted octanol–water partition coefficient (Wildman–Crippen LogP) is 3.82. The van der Waals surface area contributed by atoms with Gasteiger partial charge >= 0.3 is 5.97 Å². The summed E-state index contributed by atoms with van der Waals surface area (Å²) < 4.78 is 5.48. The number of hydrogen-bond donors (Lipinski definition) is 3. The lowest BCUT2D eigenvalue weighted by Gasteiger charge is -2.17. The minimum Gasteiger partial charge on any atom is -0.507 e. The lowest BCUT2D eigenvalue weighted by molar-refractivity contribution is 0.0307. The summed E-state index contributed by atoms with van der Waals surface area (Å²) in [4.78, 5) is 12.6. The number of rotatable bonds is 0. The second kappa shape index (κ2) is 7.41. The quantitative estimate of drug-likeness (QED) is 0.362. The molecule has 2 aliphatic rings. The minimum absolute atomic E-state index is 0.0630. The summed E-state index contributed by atoms with van der Waals surface area (Å²) in [7, 11) is 0. The summed E-state index contributed by atoms with van der Waals surface area (Å²) in [6, 6.07) is 1.00. The van der Waals surface area contributed by atoms with E-state index in [4.69, 9.17) is 16.3 Å². The number of esters is 1. The number of aromatic hydroxyl groups is 2. The van der Waals surface area contributed by atoms with Gasteiger partial charge in [0.2, 0.25) is 0 Å². The van der Waals surface area contributed by atoms with Crippen LogP contribution in [0.4, 0.5) is 0 Å². The number of hydrogen-bond acceptors (Lipinski definition) is 6. The number of phenols is 2. The maximum absolute atomic E-state index is 12.6. The Hall–Kier alpha value is -2.47. The van der Waals surface area contributed by atoms with Crippen LogP contribution in [0.15, 0.2) is 35.5 Å². The van der Waals surface area contributed by atoms with E-state index in [2.05, 4.69) is 11.2 Å². The van der Waals surface area contributed by atoms with E-state index in [9.17, 15) is 20.2 Å². The third-order valence-electron chi connectivity index (χ3n) is 4.69. The van der Waals surface area contributed by atoms with Gasteiger partial charge in [0.05, 0.1) is 16.8 Å². The topological polar surface area (TPSA) is 99.4 Å². The van der Waals surface area contributed by atoms with Crippen LogP contribution in [0.1, 0.15) is 35.7 Å². The zero-order valence-electron chi connectivity index (χ0n) is 14.2. The molecule has 0 radical (unpaired) electrons. The molecule has 0 amide bonds. The van der Waals surface area contributed by atoms with Crippen molar-refractivity contribution in [2.24, 2.45) is 17.0 Å². The predicted molar refractivity (Wildman–Crippen MR) is 97.1 cm³/mol. The van der Waals surface area contributed by atoms with Crippen LogP contribution >= 0.6 is 11.6 Å². The number of fused-ring (bicyclic) bond motifs is 2. The number of nitrogens with zero attached hydrogens (tertiary/aromatic N) is 1. The van der Waals surface area contributed by atoms with Crippen molar-refractivity contribution in [2.45, 2.75) is 32.3 Å². The highest BCUT2D eigenvalue weighted by molar-refractivity contribution is 6.33. The van der Waals surface area contributed by atoms with Gasteiger partial charge in [0.15, 0.2) is 0 Å². The number of ether oxygens (including phenoxy) is 1. The molecule has 0 spiro atoms. The molecule has 7 heteroatoms. The fraction of sp³-hybridized carbons (Fsp3) is 0.368. The molecular weight excluding hydrogens is 358 g/mol. The molecular formula is C19H20ClNO5. The smallest absolute Gasteiger partial charge is 0.342 e. The molecule has 3 N–H and O–H groups in total. The summed E-state index contributed by atoms with van der Waals surface area (Å²) in [5.41, 5.74) is 0.228. The molecule has 1 heterocycles. The van der Waals surface area contributed by atoms with Crippen molar-refractivity contribution in [1.29, 1.82) is 0 Å². The number of allylic oxidation sites excluding steroid dienone is 4. The number of cyclic esters (lactones) is 1. The average Bonchev–Trinajstić information content (AvgIpc) is 3.31. The normalized spacial score (nSPS) is 29.8. The number of benzene rings is 1. The van der Waals surface area contributed by atoms with E-state index in [0.29, 0.717) is 11.8 Å². The van der Waals surface area contributed by atoms with Crippen LogP contribution in [0.25, 0.3) is 0 Å². The van der Waals surface area contributed by atoms with Gasteiger partial charge < -0.3 is 20.2 Å². The number of halogens is 1. The summed E-state index contributed by atoms with van der Waals surface area (Å²) in [5.74, 6) is -0.625. The summed E-state index contributed by atoms with van der Waals surface area (Å²) >= 11 is 6.14. The molecule has 0 bridgehead atoms. The zero-order valence-corrected chi connectivity index (χ0v) is 15.0. The SMILES string of the molecule is C[C@@H]1C[C@H]2C[C@@H]2/C=C\C=C\C(=NO)Cc2c(Cl)c(O)cc(O)c2C(=O)O1. The Morgan fingerprint density at radius 1 is 1.23 bits per heavy atom. The Kier molecular flexibility index (Phi) is 5.23. The molecule has 1 aliphatic heterocycles. The van der Waals surface area contributed by atoms with Gasteiger partial charge in [-0.1, -0.05) is 35.0 Å². The second-order valence-corrected chi connectivity index (χ2v) is 7.08. The molecule has 138 valence electrons. The molecule has 0 saturated heterocycles. The van der Waals surface area contributed by atoms with Crippen molar-refractivity contribution in [1.82, 2.24) is 0 Å². The molecule has 0 aromatic heterocycles. The van der Waals surface area contributed by atoms with Gasteiger partial charge in [0.1, 0.15) is 17.1 Å². The minimum atomic E-state index is -0.724. The molecule has 3 rings (SSSR count). The highest BCUT2D eigenvalue weighted by Gasteiger charge is 2.36. The van der Waals surface area contributed by atoms with Crippen LogP contribution < -0.4 is 0 Å². The van der Waals surface area contributed by atoms with Crippen LogP contribution in [0.5, 0.6) is 11.5 Å².